The molecule has 2 rings (SSSR count). The third-order valence-electron chi connectivity index (χ3n) is 2.86. The van der Waals surface area contributed by atoms with Gasteiger partial charge in [-0.3, -0.25) is 0 Å². The zero-order valence-corrected chi connectivity index (χ0v) is 9.32. The smallest absolute Gasteiger partial charge is 0.147 e. The van der Waals surface area contributed by atoms with Crippen LogP contribution in [0.25, 0.3) is 6.08 Å². The molecule has 0 aromatic heterocycles. The van der Waals surface area contributed by atoms with Gasteiger partial charge in [-0.15, -0.1) is 0 Å². The molecule has 1 saturated heterocycles. The zero-order chi connectivity index (χ0) is 11.4. The first-order valence-electron chi connectivity index (χ1n) is 5.72. The third kappa shape index (κ3) is 2.42. The van der Waals surface area contributed by atoms with E-state index >= 15 is 0 Å². The Labute approximate surface area is 95.6 Å². The fourth-order valence-corrected chi connectivity index (χ4v) is 2.05. The Morgan fingerprint density at radius 1 is 1.31 bits per heavy atom. The monoisotopic (exact) mass is 220 g/mol. The highest BCUT2D eigenvalue weighted by atomic mass is 19.1. The van der Waals surface area contributed by atoms with Crippen molar-refractivity contribution in [3.05, 3.63) is 35.7 Å². The van der Waals surface area contributed by atoms with Gasteiger partial charge in [-0.25, -0.2) is 4.39 Å². The van der Waals surface area contributed by atoms with Crippen LogP contribution < -0.4 is 10.6 Å². The van der Waals surface area contributed by atoms with Crippen LogP contribution in [0.5, 0.6) is 0 Å². The summed E-state index contributed by atoms with van der Waals surface area (Å²) in [6, 6.07) is 5.36. The molecule has 1 aromatic rings. The van der Waals surface area contributed by atoms with E-state index in [1.54, 1.807) is 6.07 Å². The van der Waals surface area contributed by atoms with Crippen LogP contribution in [0.1, 0.15) is 18.4 Å². The lowest BCUT2D eigenvalue weighted by molar-refractivity contribution is 0.623. The van der Waals surface area contributed by atoms with Crippen LogP contribution in [0.3, 0.4) is 0 Å². The lowest BCUT2D eigenvalue weighted by Crippen LogP contribution is -2.18. The van der Waals surface area contributed by atoms with E-state index in [1.165, 1.54) is 0 Å². The molecule has 0 bridgehead atoms. The third-order valence-corrected chi connectivity index (χ3v) is 2.86. The maximum atomic E-state index is 13.8. The molecular formula is C13H17FN2. The largest absolute Gasteiger partial charge is 0.369 e. The molecule has 1 heterocycles. The Morgan fingerprint density at radius 2 is 2.06 bits per heavy atom. The van der Waals surface area contributed by atoms with Gasteiger partial charge in [0.2, 0.25) is 0 Å². The quantitative estimate of drug-likeness (QED) is 0.847. The molecule has 0 aliphatic carbocycles. The summed E-state index contributed by atoms with van der Waals surface area (Å²) in [5.74, 6) is -0.138. The molecule has 0 radical (unpaired) electrons. The molecule has 0 spiro atoms. The van der Waals surface area contributed by atoms with Crippen LogP contribution in [0.2, 0.25) is 0 Å². The number of hydrogen-bond acceptors (Lipinski definition) is 2. The molecule has 0 amide bonds. The molecule has 0 atom stereocenters. The number of nitrogens with zero attached hydrogens (tertiary/aromatic N) is 1. The maximum absolute atomic E-state index is 13.8. The normalized spacial score (nSPS) is 16.2. The fourth-order valence-electron chi connectivity index (χ4n) is 2.05. The van der Waals surface area contributed by atoms with Gasteiger partial charge >= 0.3 is 0 Å². The average molecular weight is 220 g/mol. The van der Waals surface area contributed by atoms with Crippen molar-refractivity contribution in [3.8, 4) is 0 Å². The van der Waals surface area contributed by atoms with E-state index in [4.69, 9.17) is 5.73 Å². The lowest BCUT2D eigenvalue weighted by atomic mass is 10.1. The van der Waals surface area contributed by atoms with Crippen molar-refractivity contribution >= 4 is 11.8 Å². The predicted molar refractivity (Wildman–Crippen MR) is 65.9 cm³/mol. The number of halogens is 1. The Bertz CT molecular complexity index is 382. The molecule has 16 heavy (non-hydrogen) atoms. The Balaban J connectivity index is 2.18. The van der Waals surface area contributed by atoms with Gasteiger partial charge in [0, 0.05) is 19.6 Å². The van der Waals surface area contributed by atoms with Crippen molar-refractivity contribution in [2.75, 3.05) is 24.5 Å². The first-order chi connectivity index (χ1) is 7.81. The Morgan fingerprint density at radius 3 is 2.69 bits per heavy atom. The van der Waals surface area contributed by atoms with Crippen molar-refractivity contribution < 1.29 is 4.39 Å². The van der Waals surface area contributed by atoms with E-state index in [2.05, 4.69) is 4.90 Å². The summed E-state index contributed by atoms with van der Waals surface area (Å²) in [4.78, 5) is 2.10. The minimum absolute atomic E-state index is 0.138. The van der Waals surface area contributed by atoms with Gasteiger partial charge in [-0.2, -0.15) is 0 Å². The van der Waals surface area contributed by atoms with Crippen molar-refractivity contribution in [1.82, 2.24) is 0 Å². The molecule has 1 aliphatic heterocycles. The second kappa shape index (κ2) is 5.12. The highest BCUT2D eigenvalue weighted by Crippen LogP contribution is 2.24. The van der Waals surface area contributed by atoms with E-state index in [-0.39, 0.29) is 5.82 Å². The summed E-state index contributed by atoms with van der Waals surface area (Å²) in [5, 5.41) is 0. The summed E-state index contributed by atoms with van der Waals surface area (Å²) in [5.41, 5.74) is 6.95. The summed E-state index contributed by atoms with van der Waals surface area (Å²) < 4.78 is 13.8. The average Bonchev–Trinajstić information content (AvgIpc) is 2.80. The summed E-state index contributed by atoms with van der Waals surface area (Å²) in [6.07, 6.45) is 5.99. The van der Waals surface area contributed by atoms with Gasteiger partial charge in [-0.1, -0.05) is 18.2 Å². The molecule has 1 fully saturated rings. The van der Waals surface area contributed by atoms with E-state index in [0.29, 0.717) is 6.54 Å². The van der Waals surface area contributed by atoms with Crippen LogP contribution in [0.15, 0.2) is 24.3 Å². The minimum atomic E-state index is -0.138. The second-order valence-electron chi connectivity index (χ2n) is 4.04. The van der Waals surface area contributed by atoms with Gasteiger partial charge in [0.25, 0.3) is 0 Å². The van der Waals surface area contributed by atoms with Gasteiger partial charge < -0.3 is 10.6 Å². The number of rotatable bonds is 3. The van der Waals surface area contributed by atoms with Crippen molar-refractivity contribution in [2.24, 2.45) is 5.73 Å². The molecular weight excluding hydrogens is 203 g/mol. The number of hydrogen-bond donors (Lipinski definition) is 1. The molecule has 3 heteroatoms. The molecule has 0 saturated carbocycles. The van der Waals surface area contributed by atoms with Gasteiger partial charge in [-0.05, 0) is 30.5 Å². The van der Waals surface area contributed by atoms with Crippen LogP contribution >= 0.6 is 0 Å². The Kier molecular flexibility index (Phi) is 3.57. The highest BCUT2D eigenvalue weighted by molar-refractivity contribution is 5.57. The molecule has 1 aromatic carbocycles. The van der Waals surface area contributed by atoms with E-state index in [9.17, 15) is 4.39 Å². The predicted octanol–water partition coefficient (Wildman–Crippen LogP) is 2.40. The fraction of sp³-hybridized carbons (Fsp3) is 0.385. The topological polar surface area (TPSA) is 29.3 Å². The van der Waals surface area contributed by atoms with Crippen LogP contribution in [-0.4, -0.2) is 19.6 Å². The molecule has 2 nitrogen and oxygen atoms in total. The SMILES string of the molecule is NC/C=C/c1ccc(N2CCCC2)c(F)c1. The first kappa shape index (κ1) is 11.1. The number of nitrogens with two attached hydrogens (primary N) is 1. The number of anilines is 1. The van der Waals surface area contributed by atoms with E-state index in [0.717, 1.165) is 37.2 Å². The van der Waals surface area contributed by atoms with Crippen LogP contribution in [-0.2, 0) is 0 Å². The molecule has 1 aliphatic rings. The molecule has 86 valence electrons. The van der Waals surface area contributed by atoms with Crippen molar-refractivity contribution in [2.45, 2.75) is 12.8 Å². The summed E-state index contributed by atoms with van der Waals surface area (Å²) >= 11 is 0. The van der Waals surface area contributed by atoms with E-state index in [1.807, 2.05) is 24.3 Å². The van der Waals surface area contributed by atoms with Crippen molar-refractivity contribution in [3.63, 3.8) is 0 Å². The van der Waals surface area contributed by atoms with Crippen LogP contribution in [0, 0.1) is 5.82 Å². The summed E-state index contributed by atoms with van der Waals surface area (Å²) in [7, 11) is 0. The molecule has 2 N–H and O–H groups in total. The standard InChI is InChI=1S/C13H17FN2/c14-12-10-11(4-3-7-15)5-6-13(12)16-8-1-2-9-16/h3-6,10H,1-2,7-9,15H2/b4-3+. The van der Waals surface area contributed by atoms with Crippen LogP contribution in [0.4, 0.5) is 10.1 Å². The van der Waals surface area contributed by atoms with Gasteiger partial charge in [0.15, 0.2) is 0 Å². The van der Waals surface area contributed by atoms with E-state index < -0.39 is 0 Å². The maximum Gasteiger partial charge on any atom is 0.147 e. The summed E-state index contributed by atoms with van der Waals surface area (Å²) in [6.45, 7) is 2.42. The first-order valence-corrected chi connectivity index (χ1v) is 5.72. The minimum Gasteiger partial charge on any atom is -0.369 e. The second-order valence-corrected chi connectivity index (χ2v) is 4.04. The number of benzene rings is 1. The zero-order valence-electron chi connectivity index (χ0n) is 9.32. The van der Waals surface area contributed by atoms with Gasteiger partial charge in [0.1, 0.15) is 5.82 Å². The molecule has 0 unspecified atom stereocenters. The Hall–Kier alpha value is -1.35. The van der Waals surface area contributed by atoms with Crippen molar-refractivity contribution in [1.29, 1.82) is 0 Å². The van der Waals surface area contributed by atoms with Gasteiger partial charge in [0.05, 0.1) is 5.69 Å². The highest BCUT2D eigenvalue weighted by Gasteiger charge is 2.15. The lowest BCUT2D eigenvalue weighted by Gasteiger charge is -2.18.